The molecular formula is C20H21F3N4O3. The molecule has 0 saturated heterocycles. The van der Waals surface area contributed by atoms with Gasteiger partial charge in [-0.3, -0.25) is 9.58 Å². The van der Waals surface area contributed by atoms with Crippen LogP contribution in [0, 0.1) is 0 Å². The minimum atomic E-state index is -4.69. The Morgan fingerprint density at radius 1 is 1.20 bits per heavy atom. The van der Waals surface area contributed by atoms with Crippen LogP contribution in [0.4, 0.5) is 13.2 Å². The number of rotatable bonds is 7. The number of aromatic nitrogens is 3. The van der Waals surface area contributed by atoms with E-state index in [0.29, 0.717) is 31.9 Å². The van der Waals surface area contributed by atoms with Crippen molar-refractivity contribution in [2.75, 3.05) is 20.3 Å². The van der Waals surface area contributed by atoms with Crippen LogP contribution in [0.5, 0.6) is 5.75 Å². The molecule has 1 aromatic carbocycles. The normalized spacial score (nSPS) is 14.7. The Kier molecular flexibility index (Phi) is 5.78. The number of halogens is 3. The molecule has 7 nitrogen and oxygen atoms in total. The van der Waals surface area contributed by atoms with Gasteiger partial charge >= 0.3 is 6.36 Å². The maximum absolute atomic E-state index is 12.3. The van der Waals surface area contributed by atoms with Crippen molar-refractivity contribution in [1.29, 1.82) is 0 Å². The Hall–Kier alpha value is -2.85. The van der Waals surface area contributed by atoms with Crippen molar-refractivity contribution >= 4 is 0 Å². The third-order valence-electron chi connectivity index (χ3n) is 4.96. The van der Waals surface area contributed by atoms with Crippen molar-refractivity contribution in [3.63, 3.8) is 0 Å². The lowest BCUT2D eigenvalue weighted by Crippen LogP contribution is -2.31. The lowest BCUT2D eigenvalue weighted by molar-refractivity contribution is -0.274. The highest BCUT2D eigenvalue weighted by atomic mass is 19.4. The zero-order valence-corrected chi connectivity index (χ0v) is 16.4. The van der Waals surface area contributed by atoms with E-state index in [4.69, 9.17) is 14.3 Å². The first-order valence-electron chi connectivity index (χ1n) is 9.46. The van der Waals surface area contributed by atoms with Crippen LogP contribution in [-0.4, -0.2) is 46.3 Å². The molecule has 0 bridgehead atoms. The van der Waals surface area contributed by atoms with E-state index >= 15 is 0 Å². The highest BCUT2D eigenvalue weighted by Crippen LogP contribution is 2.30. The first kappa shape index (κ1) is 20.4. The van der Waals surface area contributed by atoms with Gasteiger partial charge in [0, 0.05) is 44.4 Å². The number of nitrogens with zero attached hydrogens (tertiary/aromatic N) is 4. The van der Waals surface area contributed by atoms with Crippen LogP contribution in [0.15, 0.2) is 41.3 Å². The first-order valence-corrected chi connectivity index (χ1v) is 9.46. The van der Waals surface area contributed by atoms with Gasteiger partial charge in [0.2, 0.25) is 0 Å². The maximum atomic E-state index is 12.3. The van der Waals surface area contributed by atoms with Crippen LogP contribution in [0.25, 0.3) is 11.4 Å². The highest BCUT2D eigenvalue weighted by molar-refractivity contribution is 5.59. The second-order valence-electron chi connectivity index (χ2n) is 7.02. The fraction of sp³-hybridized carbons (Fsp3) is 0.400. The predicted octanol–water partition coefficient (Wildman–Crippen LogP) is 3.64. The van der Waals surface area contributed by atoms with Gasteiger partial charge in [0.1, 0.15) is 23.4 Å². The first-order chi connectivity index (χ1) is 14.4. The monoisotopic (exact) mass is 422 g/mol. The molecule has 10 heteroatoms. The molecule has 0 amide bonds. The summed E-state index contributed by atoms with van der Waals surface area (Å²) in [6.45, 7) is 3.28. The van der Waals surface area contributed by atoms with Crippen molar-refractivity contribution in [3.05, 3.63) is 53.7 Å². The molecule has 0 saturated carbocycles. The number of hydrogen-bond donors (Lipinski definition) is 0. The Morgan fingerprint density at radius 2 is 2.00 bits per heavy atom. The molecule has 2 aromatic heterocycles. The van der Waals surface area contributed by atoms with Crippen molar-refractivity contribution in [2.45, 2.75) is 32.4 Å². The molecule has 0 radical (unpaired) electrons. The molecule has 0 aliphatic carbocycles. The molecule has 1 aliphatic rings. The second kappa shape index (κ2) is 8.49. The van der Waals surface area contributed by atoms with Crippen LogP contribution in [0.1, 0.15) is 16.8 Å². The number of benzene rings is 1. The van der Waals surface area contributed by atoms with Gasteiger partial charge in [0.25, 0.3) is 0 Å². The minimum Gasteiger partial charge on any atom is -0.451 e. The summed E-state index contributed by atoms with van der Waals surface area (Å²) in [7, 11) is 1.65. The van der Waals surface area contributed by atoms with E-state index < -0.39 is 6.36 Å². The summed E-state index contributed by atoms with van der Waals surface area (Å²) in [5.41, 5.74) is 4.60. The molecule has 160 valence electrons. The molecule has 0 unspecified atom stereocenters. The number of fused-ring (bicyclic) bond motifs is 1. The van der Waals surface area contributed by atoms with E-state index in [1.54, 1.807) is 25.5 Å². The maximum Gasteiger partial charge on any atom is 0.573 e. The van der Waals surface area contributed by atoms with Gasteiger partial charge in [-0.25, -0.2) is 4.98 Å². The number of methoxy groups -OCH3 is 1. The van der Waals surface area contributed by atoms with Crippen molar-refractivity contribution in [1.82, 2.24) is 19.7 Å². The summed E-state index contributed by atoms with van der Waals surface area (Å²) in [5, 5.41) is 4.72. The molecule has 30 heavy (non-hydrogen) atoms. The molecular weight excluding hydrogens is 401 g/mol. The zero-order chi connectivity index (χ0) is 21.1. The Bertz CT molecular complexity index is 969. The molecule has 3 aromatic rings. The highest BCUT2D eigenvalue weighted by Gasteiger charge is 2.31. The molecule has 0 spiro atoms. The fourth-order valence-corrected chi connectivity index (χ4v) is 3.63. The van der Waals surface area contributed by atoms with Crippen molar-refractivity contribution in [2.24, 2.45) is 0 Å². The molecule has 3 heterocycles. The Labute approximate surface area is 171 Å². The molecule has 0 atom stereocenters. The largest absolute Gasteiger partial charge is 0.573 e. The van der Waals surface area contributed by atoms with Crippen LogP contribution < -0.4 is 4.74 Å². The molecule has 1 aliphatic heterocycles. The molecule has 0 N–H and O–H groups in total. The van der Waals surface area contributed by atoms with Crippen LogP contribution >= 0.6 is 0 Å². The third-order valence-corrected chi connectivity index (χ3v) is 4.96. The van der Waals surface area contributed by atoms with E-state index in [2.05, 4.69) is 14.6 Å². The number of ether oxygens (including phenoxy) is 2. The van der Waals surface area contributed by atoms with Crippen LogP contribution in [-0.2, 0) is 30.8 Å². The van der Waals surface area contributed by atoms with Gasteiger partial charge in [-0.1, -0.05) is 12.1 Å². The minimum absolute atomic E-state index is 0.222. The van der Waals surface area contributed by atoms with Crippen molar-refractivity contribution < 1.29 is 27.1 Å². The van der Waals surface area contributed by atoms with Gasteiger partial charge < -0.3 is 13.9 Å². The number of hydrogen-bond acceptors (Lipinski definition) is 6. The van der Waals surface area contributed by atoms with Crippen LogP contribution in [0.3, 0.4) is 0 Å². The average molecular weight is 422 g/mol. The van der Waals surface area contributed by atoms with Gasteiger partial charge in [0.15, 0.2) is 6.39 Å². The Balaban J connectivity index is 1.51. The SMILES string of the molecule is COCCn1nc(-c2cocn2)c2c1CCN(Cc1ccc(OC(F)(F)F)cc1)C2. The standard InChI is InChI=1S/C20H21F3N4O3/c1-28-9-8-27-18-6-7-26(11-16(18)19(25-27)17-12-29-13-24-17)10-14-2-4-15(5-3-14)30-20(21,22)23/h2-5,12-13H,6-11H2,1H3. The van der Waals surface area contributed by atoms with Gasteiger partial charge in [-0.15, -0.1) is 13.2 Å². The van der Waals surface area contributed by atoms with Crippen LogP contribution in [0.2, 0.25) is 0 Å². The summed E-state index contributed by atoms with van der Waals surface area (Å²) in [5.74, 6) is -0.222. The van der Waals surface area contributed by atoms with E-state index in [0.717, 1.165) is 35.5 Å². The molecule has 4 rings (SSSR count). The summed E-state index contributed by atoms with van der Waals surface area (Å²) >= 11 is 0. The lowest BCUT2D eigenvalue weighted by atomic mass is 10.0. The summed E-state index contributed by atoms with van der Waals surface area (Å²) in [4.78, 5) is 6.47. The topological polar surface area (TPSA) is 65.5 Å². The van der Waals surface area contributed by atoms with Gasteiger partial charge in [-0.05, 0) is 17.7 Å². The van der Waals surface area contributed by atoms with E-state index in [9.17, 15) is 13.2 Å². The number of alkyl halides is 3. The quantitative estimate of drug-likeness (QED) is 0.579. The fourth-order valence-electron chi connectivity index (χ4n) is 3.63. The predicted molar refractivity (Wildman–Crippen MR) is 101 cm³/mol. The third kappa shape index (κ3) is 4.65. The summed E-state index contributed by atoms with van der Waals surface area (Å²) in [6.07, 6.45) is -0.937. The second-order valence-corrected chi connectivity index (χ2v) is 7.02. The molecule has 0 fully saturated rings. The lowest BCUT2D eigenvalue weighted by Gasteiger charge is -2.27. The number of oxazole rings is 1. The summed E-state index contributed by atoms with van der Waals surface area (Å²) in [6, 6.07) is 5.97. The Morgan fingerprint density at radius 3 is 2.67 bits per heavy atom. The van der Waals surface area contributed by atoms with E-state index in [1.165, 1.54) is 18.5 Å². The smallest absolute Gasteiger partial charge is 0.451 e. The average Bonchev–Trinajstić information content (AvgIpc) is 3.34. The summed E-state index contributed by atoms with van der Waals surface area (Å²) < 4.78 is 53.2. The van der Waals surface area contributed by atoms with Gasteiger partial charge in [-0.2, -0.15) is 5.10 Å². The van der Waals surface area contributed by atoms with E-state index in [1.807, 2.05) is 4.68 Å². The zero-order valence-electron chi connectivity index (χ0n) is 16.4. The van der Waals surface area contributed by atoms with Crippen molar-refractivity contribution in [3.8, 4) is 17.1 Å². The van der Waals surface area contributed by atoms with Gasteiger partial charge in [0.05, 0.1) is 13.2 Å². The van der Waals surface area contributed by atoms with E-state index in [-0.39, 0.29) is 5.75 Å².